The molecule has 0 fully saturated rings. The Hall–Kier alpha value is -1.02. The van der Waals surface area contributed by atoms with Crippen LogP contribution in [0.5, 0.6) is 0 Å². The summed E-state index contributed by atoms with van der Waals surface area (Å²) < 4.78 is 2.93. The first-order valence-electron chi connectivity index (χ1n) is 6.39. The summed E-state index contributed by atoms with van der Waals surface area (Å²) in [4.78, 5) is 9.09. The molecule has 0 amide bonds. The molecule has 102 valence electrons. The monoisotopic (exact) mass is 371 g/mol. The molecule has 0 aromatic carbocycles. The van der Waals surface area contributed by atoms with Crippen LogP contribution in [0.1, 0.15) is 38.2 Å². The molecule has 19 heavy (non-hydrogen) atoms. The summed E-state index contributed by atoms with van der Waals surface area (Å²) in [6.07, 6.45) is 5.66. The van der Waals surface area contributed by atoms with Gasteiger partial charge in [0.05, 0.1) is 21.7 Å². The zero-order valence-electron chi connectivity index (χ0n) is 11.4. The van der Waals surface area contributed by atoms with Crippen molar-refractivity contribution in [3.63, 3.8) is 0 Å². The lowest BCUT2D eigenvalue weighted by atomic mass is 10.2. The highest BCUT2D eigenvalue weighted by Gasteiger charge is 2.11. The molecular formula is C13H18IN5. The number of nitrogens with one attached hydrogen (secondary N) is 1. The van der Waals surface area contributed by atoms with E-state index in [1.807, 2.05) is 23.3 Å². The van der Waals surface area contributed by atoms with Crippen LogP contribution in [0.4, 0.5) is 0 Å². The third-order valence-electron chi connectivity index (χ3n) is 2.72. The van der Waals surface area contributed by atoms with Crippen LogP contribution in [0.15, 0.2) is 18.6 Å². The van der Waals surface area contributed by atoms with Crippen molar-refractivity contribution in [2.45, 2.75) is 33.2 Å². The molecule has 0 aliphatic carbocycles. The SMILES string of the molecule is CCNCc1nc(C(C)C)ncc1-n1cc(I)cn1. The highest BCUT2D eigenvalue weighted by Crippen LogP contribution is 2.16. The lowest BCUT2D eigenvalue weighted by molar-refractivity contribution is 0.674. The van der Waals surface area contributed by atoms with E-state index in [0.29, 0.717) is 5.92 Å². The number of hydrogen-bond donors (Lipinski definition) is 1. The van der Waals surface area contributed by atoms with E-state index in [1.165, 1.54) is 0 Å². The molecule has 2 aromatic rings. The van der Waals surface area contributed by atoms with Crippen molar-refractivity contribution < 1.29 is 0 Å². The molecule has 0 unspecified atom stereocenters. The second kappa shape index (κ2) is 6.42. The first-order chi connectivity index (χ1) is 9.11. The molecular weight excluding hydrogens is 353 g/mol. The Labute approximate surface area is 127 Å². The van der Waals surface area contributed by atoms with Crippen LogP contribution in [-0.2, 0) is 6.54 Å². The Kier molecular flexibility index (Phi) is 4.87. The van der Waals surface area contributed by atoms with E-state index in [-0.39, 0.29) is 0 Å². The summed E-state index contributed by atoms with van der Waals surface area (Å²) in [5, 5.41) is 7.65. The van der Waals surface area contributed by atoms with Gasteiger partial charge in [0, 0.05) is 18.7 Å². The van der Waals surface area contributed by atoms with Crippen LogP contribution in [0.3, 0.4) is 0 Å². The van der Waals surface area contributed by atoms with Crippen LogP contribution in [-0.4, -0.2) is 26.3 Å². The van der Waals surface area contributed by atoms with Gasteiger partial charge in [0.25, 0.3) is 0 Å². The fraction of sp³-hybridized carbons (Fsp3) is 0.462. The van der Waals surface area contributed by atoms with Crippen molar-refractivity contribution in [3.8, 4) is 5.69 Å². The van der Waals surface area contributed by atoms with E-state index in [9.17, 15) is 0 Å². The Bertz CT molecular complexity index is 550. The van der Waals surface area contributed by atoms with Crippen molar-refractivity contribution in [2.75, 3.05) is 6.54 Å². The van der Waals surface area contributed by atoms with Crippen LogP contribution in [0.2, 0.25) is 0 Å². The molecule has 0 saturated carbocycles. The van der Waals surface area contributed by atoms with Gasteiger partial charge in [0.15, 0.2) is 0 Å². The van der Waals surface area contributed by atoms with Gasteiger partial charge in [-0.25, -0.2) is 14.6 Å². The minimum absolute atomic E-state index is 0.326. The smallest absolute Gasteiger partial charge is 0.131 e. The maximum absolute atomic E-state index is 4.66. The van der Waals surface area contributed by atoms with E-state index in [0.717, 1.165) is 33.9 Å². The molecule has 0 saturated heterocycles. The third-order valence-corrected chi connectivity index (χ3v) is 3.28. The third kappa shape index (κ3) is 3.50. The zero-order chi connectivity index (χ0) is 13.8. The van der Waals surface area contributed by atoms with E-state index >= 15 is 0 Å². The zero-order valence-corrected chi connectivity index (χ0v) is 13.5. The van der Waals surface area contributed by atoms with Crippen molar-refractivity contribution >= 4 is 22.6 Å². The standard InChI is InChI=1S/C13H18IN5/c1-4-15-6-11-12(19-8-10(14)5-17-19)7-16-13(18-11)9(2)3/h5,7-9,15H,4,6H2,1-3H3. The molecule has 0 bridgehead atoms. The summed E-state index contributed by atoms with van der Waals surface area (Å²) in [5.41, 5.74) is 1.92. The molecule has 6 heteroatoms. The maximum Gasteiger partial charge on any atom is 0.131 e. The highest BCUT2D eigenvalue weighted by atomic mass is 127. The van der Waals surface area contributed by atoms with Gasteiger partial charge < -0.3 is 5.32 Å². The second-order valence-corrected chi connectivity index (χ2v) is 5.84. The van der Waals surface area contributed by atoms with Gasteiger partial charge in [0.2, 0.25) is 0 Å². The number of halogens is 1. The average molecular weight is 371 g/mol. The van der Waals surface area contributed by atoms with E-state index in [4.69, 9.17) is 0 Å². The van der Waals surface area contributed by atoms with E-state index in [1.54, 1.807) is 0 Å². The van der Waals surface area contributed by atoms with Crippen molar-refractivity contribution in [2.24, 2.45) is 0 Å². The molecule has 0 atom stereocenters. The van der Waals surface area contributed by atoms with Crippen LogP contribution in [0, 0.1) is 3.57 Å². The summed E-state index contributed by atoms with van der Waals surface area (Å²) in [7, 11) is 0. The van der Waals surface area contributed by atoms with Gasteiger partial charge in [-0.15, -0.1) is 0 Å². The fourth-order valence-corrected chi connectivity index (χ4v) is 2.09. The molecule has 2 aromatic heterocycles. The topological polar surface area (TPSA) is 55.6 Å². The van der Waals surface area contributed by atoms with Gasteiger partial charge in [-0.3, -0.25) is 0 Å². The molecule has 5 nitrogen and oxygen atoms in total. The summed E-state index contributed by atoms with van der Waals surface area (Å²) in [5.74, 6) is 1.20. The maximum atomic E-state index is 4.66. The fourth-order valence-electron chi connectivity index (χ4n) is 1.70. The normalized spacial score (nSPS) is 11.2. The number of aromatic nitrogens is 4. The van der Waals surface area contributed by atoms with Crippen molar-refractivity contribution in [1.82, 2.24) is 25.1 Å². The average Bonchev–Trinajstić information content (AvgIpc) is 2.82. The quantitative estimate of drug-likeness (QED) is 0.821. The first-order valence-corrected chi connectivity index (χ1v) is 7.46. The predicted molar refractivity (Wildman–Crippen MR) is 83.3 cm³/mol. The van der Waals surface area contributed by atoms with Gasteiger partial charge in [-0.05, 0) is 29.1 Å². The molecule has 2 heterocycles. The van der Waals surface area contributed by atoms with Crippen LogP contribution >= 0.6 is 22.6 Å². The van der Waals surface area contributed by atoms with Gasteiger partial charge >= 0.3 is 0 Å². The van der Waals surface area contributed by atoms with Gasteiger partial charge in [-0.2, -0.15) is 5.10 Å². The Morgan fingerprint density at radius 3 is 2.74 bits per heavy atom. The predicted octanol–water partition coefficient (Wildman–Crippen LogP) is 2.50. The van der Waals surface area contributed by atoms with Crippen LogP contribution < -0.4 is 5.32 Å². The Morgan fingerprint density at radius 1 is 1.37 bits per heavy atom. The summed E-state index contributed by atoms with van der Waals surface area (Å²) in [6, 6.07) is 0. The molecule has 0 radical (unpaired) electrons. The van der Waals surface area contributed by atoms with E-state index < -0.39 is 0 Å². The molecule has 1 N–H and O–H groups in total. The minimum Gasteiger partial charge on any atom is -0.311 e. The lowest BCUT2D eigenvalue weighted by Crippen LogP contribution is -2.17. The summed E-state index contributed by atoms with van der Waals surface area (Å²) >= 11 is 2.25. The molecule has 0 spiro atoms. The minimum atomic E-state index is 0.326. The second-order valence-electron chi connectivity index (χ2n) is 4.60. The number of hydrogen-bond acceptors (Lipinski definition) is 4. The van der Waals surface area contributed by atoms with Crippen molar-refractivity contribution in [3.05, 3.63) is 33.7 Å². The van der Waals surface area contributed by atoms with Crippen molar-refractivity contribution in [1.29, 1.82) is 0 Å². The Balaban J connectivity index is 2.41. The largest absolute Gasteiger partial charge is 0.311 e. The number of nitrogens with zero attached hydrogens (tertiary/aromatic N) is 4. The summed E-state index contributed by atoms with van der Waals surface area (Å²) in [6.45, 7) is 7.93. The van der Waals surface area contributed by atoms with Crippen LogP contribution in [0.25, 0.3) is 5.69 Å². The molecule has 0 aliphatic rings. The van der Waals surface area contributed by atoms with Gasteiger partial charge in [0.1, 0.15) is 11.5 Å². The highest BCUT2D eigenvalue weighted by molar-refractivity contribution is 14.1. The molecule has 0 aliphatic heterocycles. The Morgan fingerprint density at radius 2 is 2.16 bits per heavy atom. The molecule has 2 rings (SSSR count). The lowest BCUT2D eigenvalue weighted by Gasteiger charge is -2.12. The first kappa shape index (κ1) is 14.4. The number of rotatable bonds is 5. The van der Waals surface area contributed by atoms with Gasteiger partial charge in [-0.1, -0.05) is 20.8 Å². The van der Waals surface area contributed by atoms with E-state index in [2.05, 4.69) is 63.7 Å².